The van der Waals surface area contributed by atoms with Gasteiger partial charge in [-0.15, -0.1) is 0 Å². The van der Waals surface area contributed by atoms with Crippen LogP contribution in [0.15, 0.2) is 17.2 Å². The van der Waals surface area contributed by atoms with Crippen LogP contribution in [-0.4, -0.2) is 66.5 Å². The molecule has 1 atom stereocenters. The van der Waals surface area contributed by atoms with Crippen molar-refractivity contribution in [1.82, 2.24) is 14.4 Å². The Morgan fingerprint density at radius 1 is 1.18 bits per heavy atom. The predicted octanol–water partition coefficient (Wildman–Crippen LogP) is 2.52. The number of aromatic nitrogens is 1. The Bertz CT molecular complexity index is 978. The van der Waals surface area contributed by atoms with Gasteiger partial charge < -0.3 is 9.64 Å². The minimum atomic E-state index is -3.93. The van der Waals surface area contributed by atoms with Crippen LogP contribution < -0.4 is 14.3 Å². The second-order valence-electron chi connectivity index (χ2n) is 8.80. The molecule has 188 valence electrons. The Labute approximate surface area is 202 Å². The van der Waals surface area contributed by atoms with Crippen LogP contribution in [0.4, 0.5) is 5.82 Å². The monoisotopic (exact) mass is 522 g/mol. The molecule has 0 bridgehead atoms. The fraction of sp³-hybridized carbons (Fsp3) is 0.762. The summed E-state index contributed by atoms with van der Waals surface area (Å²) in [4.78, 5) is 6.23. The molecule has 0 aliphatic carbocycles. The number of pyridine rings is 1. The molecule has 0 saturated carbocycles. The number of nitrogens with one attached hydrogen (secondary N) is 2. The van der Waals surface area contributed by atoms with Gasteiger partial charge in [-0.2, -0.15) is 0 Å². The molecule has 0 amide bonds. The third kappa shape index (κ3) is 8.03. The lowest BCUT2D eigenvalue weighted by Crippen LogP contribution is -2.47. The highest BCUT2D eigenvalue weighted by Crippen LogP contribution is 2.32. The molecule has 9 nitrogen and oxygen atoms in total. The number of anilines is 1. The lowest BCUT2D eigenvalue weighted by atomic mass is 9.93. The van der Waals surface area contributed by atoms with Crippen molar-refractivity contribution >= 4 is 37.5 Å². The van der Waals surface area contributed by atoms with E-state index < -0.39 is 20.0 Å². The van der Waals surface area contributed by atoms with E-state index in [4.69, 9.17) is 16.3 Å². The van der Waals surface area contributed by atoms with Gasteiger partial charge in [0.05, 0.1) is 16.9 Å². The quantitative estimate of drug-likeness (QED) is 0.382. The molecule has 2 aliphatic rings. The third-order valence-electron chi connectivity index (χ3n) is 6.05. The van der Waals surface area contributed by atoms with Crippen molar-refractivity contribution in [1.29, 1.82) is 0 Å². The van der Waals surface area contributed by atoms with Crippen molar-refractivity contribution in [3.8, 4) is 0 Å². The summed E-state index contributed by atoms with van der Waals surface area (Å²) in [6.07, 6.45) is 8.79. The summed E-state index contributed by atoms with van der Waals surface area (Å²) in [7, 11) is -7.56. The topological polar surface area (TPSA) is 118 Å². The molecule has 2 aliphatic heterocycles. The molecule has 1 aromatic heterocycles. The minimum Gasteiger partial charge on any atom is -0.377 e. The minimum absolute atomic E-state index is 0.0859. The number of sulfonamides is 2. The first-order valence-electron chi connectivity index (χ1n) is 11.7. The molecule has 1 unspecified atom stereocenters. The van der Waals surface area contributed by atoms with Gasteiger partial charge in [0.25, 0.3) is 0 Å². The van der Waals surface area contributed by atoms with E-state index in [0.717, 1.165) is 32.4 Å². The number of hydrogen-bond acceptors (Lipinski definition) is 7. The van der Waals surface area contributed by atoms with E-state index in [2.05, 4.69) is 26.3 Å². The maximum absolute atomic E-state index is 12.6. The van der Waals surface area contributed by atoms with Gasteiger partial charge in [-0.05, 0) is 37.7 Å². The molecule has 33 heavy (non-hydrogen) atoms. The van der Waals surface area contributed by atoms with Crippen LogP contribution in [0.25, 0.3) is 0 Å². The normalized spacial score (nSPS) is 20.1. The fourth-order valence-electron chi connectivity index (χ4n) is 4.06. The van der Waals surface area contributed by atoms with E-state index in [0.29, 0.717) is 18.3 Å². The summed E-state index contributed by atoms with van der Waals surface area (Å²) in [5.41, 5.74) is 0. The molecule has 2 fully saturated rings. The maximum atomic E-state index is 12.6. The molecular weight excluding hydrogens is 488 g/mol. The van der Waals surface area contributed by atoms with Crippen LogP contribution >= 0.6 is 11.6 Å². The van der Waals surface area contributed by atoms with E-state index >= 15 is 0 Å². The summed E-state index contributed by atoms with van der Waals surface area (Å²) < 4.78 is 59.8. The van der Waals surface area contributed by atoms with Crippen molar-refractivity contribution in [2.45, 2.75) is 62.9 Å². The van der Waals surface area contributed by atoms with Gasteiger partial charge >= 0.3 is 0 Å². The van der Waals surface area contributed by atoms with Crippen molar-refractivity contribution in [3.05, 3.63) is 17.3 Å². The van der Waals surface area contributed by atoms with Gasteiger partial charge in [0, 0.05) is 39.0 Å². The molecule has 3 rings (SSSR count). The van der Waals surface area contributed by atoms with Crippen molar-refractivity contribution < 1.29 is 21.6 Å². The Morgan fingerprint density at radius 3 is 2.64 bits per heavy atom. The van der Waals surface area contributed by atoms with Crippen LogP contribution in [0, 0.1) is 5.92 Å². The summed E-state index contributed by atoms with van der Waals surface area (Å²) in [5.74, 6) is 0.838. The Morgan fingerprint density at radius 2 is 1.97 bits per heavy atom. The van der Waals surface area contributed by atoms with Crippen molar-refractivity contribution in [3.63, 3.8) is 0 Å². The third-order valence-corrected chi connectivity index (χ3v) is 9.10. The lowest BCUT2D eigenvalue weighted by Gasteiger charge is -2.40. The predicted molar refractivity (Wildman–Crippen MR) is 130 cm³/mol. The van der Waals surface area contributed by atoms with E-state index in [1.807, 2.05) is 0 Å². The van der Waals surface area contributed by atoms with E-state index in [9.17, 15) is 16.8 Å². The molecular formula is C21H35ClN4O5S2. The molecule has 3 heterocycles. The van der Waals surface area contributed by atoms with Crippen LogP contribution in [0.1, 0.15) is 51.9 Å². The number of halogens is 1. The van der Waals surface area contributed by atoms with Gasteiger partial charge in [-0.1, -0.05) is 37.8 Å². The van der Waals surface area contributed by atoms with Crippen LogP contribution in [0.5, 0.6) is 0 Å². The zero-order chi connectivity index (χ0) is 23.9. The smallest absolute Gasteiger partial charge is 0.242 e. The number of nitrogens with zero attached hydrogens (tertiary/aromatic N) is 2. The van der Waals surface area contributed by atoms with E-state index in [1.54, 1.807) is 0 Å². The van der Waals surface area contributed by atoms with Gasteiger partial charge in [0.15, 0.2) is 0 Å². The molecule has 0 spiro atoms. The summed E-state index contributed by atoms with van der Waals surface area (Å²) in [6, 6.07) is 1.36. The molecule has 12 heteroatoms. The second kappa shape index (κ2) is 12.1. The van der Waals surface area contributed by atoms with E-state index in [1.165, 1.54) is 37.9 Å². The van der Waals surface area contributed by atoms with Gasteiger partial charge in [0.1, 0.15) is 10.7 Å². The Balaban J connectivity index is 1.46. The molecule has 2 saturated heterocycles. The van der Waals surface area contributed by atoms with Crippen LogP contribution in [0.3, 0.4) is 0 Å². The first kappa shape index (κ1) is 26.6. The number of ether oxygens (including phenoxy) is 1. The molecule has 0 radical (unpaired) electrons. The average molecular weight is 523 g/mol. The van der Waals surface area contributed by atoms with E-state index in [-0.39, 0.29) is 34.9 Å². The first-order valence-corrected chi connectivity index (χ1v) is 15.2. The van der Waals surface area contributed by atoms with Crippen molar-refractivity contribution in [2.24, 2.45) is 5.92 Å². The number of hydrogen-bond donors (Lipinski definition) is 2. The van der Waals surface area contributed by atoms with Gasteiger partial charge in [0.2, 0.25) is 20.0 Å². The highest BCUT2D eigenvalue weighted by atomic mass is 35.5. The standard InChI is InChI=1S/C21H35ClN4O5S2/c1-2-3-4-7-17-15-26(16-17)21-20(22)12-19(14-23-21)33(29,30)24-9-11-32(27,28)25-13-18-8-5-6-10-31-18/h12,14,17-18,24-25H,2-11,13,15-16H2,1H3. The summed E-state index contributed by atoms with van der Waals surface area (Å²) in [5, 5.41) is 0.270. The lowest BCUT2D eigenvalue weighted by molar-refractivity contribution is 0.0200. The summed E-state index contributed by atoms with van der Waals surface area (Å²) >= 11 is 6.33. The average Bonchev–Trinajstić information content (AvgIpc) is 2.75. The number of unbranched alkanes of at least 4 members (excludes halogenated alkanes) is 2. The SMILES string of the molecule is CCCCCC1CN(c2ncc(S(=O)(=O)NCCS(=O)(=O)NCC3CCCCO3)cc2Cl)C1. The number of rotatable bonds is 13. The van der Waals surface area contributed by atoms with Gasteiger partial charge in [-0.25, -0.2) is 31.3 Å². The first-order chi connectivity index (χ1) is 15.7. The Hall–Kier alpha value is -0.980. The van der Waals surface area contributed by atoms with Crippen LogP contribution in [0.2, 0.25) is 5.02 Å². The Kier molecular flexibility index (Phi) is 9.78. The van der Waals surface area contributed by atoms with Gasteiger partial charge in [-0.3, -0.25) is 0 Å². The highest BCUT2D eigenvalue weighted by molar-refractivity contribution is 7.90. The zero-order valence-electron chi connectivity index (χ0n) is 19.1. The molecule has 0 aromatic carbocycles. The van der Waals surface area contributed by atoms with Crippen molar-refractivity contribution in [2.75, 3.05) is 43.4 Å². The molecule has 1 aromatic rings. The highest BCUT2D eigenvalue weighted by Gasteiger charge is 2.29. The molecule has 2 N–H and O–H groups in total. The second-order valence-corrected chi connectivity index (χ2v) is 12.9. The largest absolute Gasteiger partial charge is 0.377 e. The fourth-order valence-corrected chi connectivity index (χ4v) is 6.49. The zero-order valence-corrected chi connectivity index (χ0v) is 21.5. The summed E-state index contributed by atoms with van der Waals surface area (Å²) in [6.45, 7) is 4.51. The van der Waals surface area contributed by atoms with Crippen LogP contribution in [-0.2, 0) is 24.8 Å². The maximum Gasteiger partial charge on any atom is 0.242 e.